The first kappa shape index (κ1) is 20.3. The van der Waals surface area contributed by atoms with Crippen LogP contribution in [0.1, 0.15) is 49.4 Å². The SMILES string of the molecule is CCC[C@H]1[C@H]2C[C@H](CN(C(=O)CN3CCOc4ccccc4C3)C2)c2cccc(=O)n21. The summed E-state index contributed by atoms with van der Waals surface area (Å²) in [7, 11) is 0. The standard InChI is InChI=1S/C25H31N3O3/c1-2-6-21-19-13-20(22-8-5-10-24(29)28(21)22)16-27(15-19)25(30)17-26-11-12-31-23-9-4-3-7-18(23)14-26/h3-5,7-10,19-21H,2,6,11-17H2,1H3/t19-,20+,21-/m0/s1. The first-order valence-corrected chi connectivity index (χ1v) is 11.6. The van der Waals surface area contributed by atoms with E-state index in [-0.39, 0.29) is 23.4 Å². The van der Waals surface area contributed by atoms with Crippen molar-refractivity contribution in [1.29, 1.82) is 0 Å². The number of para-hydroxylation sites is 1. The molecule has 0 aliphatic carbocycles. The Balaban J connectivity index is 1.33. The Labute approximate surface area is 183 Å². The van der Waals surface area contributed by atoms with Gasteiger partial charge in [-0.05, 0) is 30.9 Å². The zero-order valence-corrected chi connectivity index (χ0v) is 18.2. The molecule has 0 radical (unpaired) electrons. The number of pyridine rings is 1. The van der Waals surface area contributed by atoms with Gasteiger partial charge in [-0.1, -0.05) is 37.6 Å². The van der Waals surface area contributed by atoms with Gasteiger partial charge in [0.15, 0.2) is 0 Å². The second-order valence-electron chi connectivity index (χ2n) is 9.17. The molecule has 0 saturated carbocycles. The molecule has 3 atom stereocenters. The second-order valence-corrected chi connectivity index (χ2v) is 9.17. The van der Waals surface area contributed by atoms with Crippen LogP contribution in [0, 0.1) is 5.92 Å². The molecule has 5 rings (SSSR count). The predicted molar refractivity (Wildman–Crippen MR) is 119 cm³/mol. The lowest BCUT2D eigenvalue weighted by Crippen LogP contribution is -2.53. The molecule has 0 N–H and O–H groups in total. The van der Waals surface area contributed by atoms with E-state index in [0.717, 1.165) is 55.9 Å². The van der Waals surface area contributed by atoms with Crippen molar-refractivity contribution in [3.63, 3.8) is 0 Å². The van der Waals surface area contributed by atoms with Gasteiger partial charge in [0.05, 0.1) is 6.54 Å². The van der Waals surface area contributed by atoms with Crippen LogP contribution >= 0.6 is 0 Å². The number of ether oxygens (including phenoxy) is 1. The minimum absolute atomic E-state index is 0.105. The maximum absolute atomic E-state index is 13.3. The zero-order valence-electron chi connectivity index (χ0n) is 18.2. The van der Waals surface area contributed by atoms with Crippen LogP contribution in [-0.4, -0.2) is 53.1 Å². The number of benzene rings is 1. The van der Waals surface area contributed by atoms with Crippen LogP contribution in [0.3, 0.4) is 0 Å². The summed E-state index contributed by atoms with van der Waals surface area (Å²) in [4.78, 5) is 30.2. The Morgan fingerprint density at radius 2 is 2.00 bits per heavy atom. The van der Waals surface area contributed by atoms with Gasteiger partial charge in [0.25, 0.3) is 5.56 Å². The van der Waals surface area contributed by atoms with E-state index in [1.807, 2.05) is 28.8 Å². The van der Waals surface area contributed by atoms with Gasteiger partial charge in [0.2, 0.25) is 5.91 Å². The van der Waals surface area contributed by atoms with Gasteiger partial charge < -0.3 is 14.2 Å². The molecule has 31 heavy (non-hydrogen) atoms. The number of hydrogen-bond donors (Lipinski definition) is 0. The number of likely N-dealkylation sites (tertiary alicyclic amines) is 1. The molecule has 3 aliphatic rings. The van der Waals surface area contributed by atoms with Crippen LogP contribution in [0.2, 0.25) is 0 Å². The lowest BCUT2D eigenvalue weighted by atomic mass is 9.77. The average molecular weight is 422 g/mol. The molecule has 3 aliphatic heterocycles. The van der Waals surface area contributed by atoms with E-state index in [0.29, 0.717) is 25.6 Å². The molecule has 2 aromatic rings. The number of aromatic nitrogens is 1. The van der Waals surface area contributed by atoms with Crippen LogP contribution in [-0.2, 0) is 11.3 Å². The highest BCUT2D eigenvalue weighted by molar-refractivity contribution is 5.78. The van der Waals surface area contributed by atoms with E-state index in [4.69, 9.17) is 4.74 Å². The molecule has 0 spiro atoms. The van der Waals surface area contributed by atoms with Crippen LogP contribution < -0.4 is 10.3 Å². The minimum Gasteiger partial charge on any atom is -0.492 e. The highest BCUT2D eigenvalue weighted by atomic mass is 16.5. The van der Waals surface area contributed by atoms with Crippen LogP contribution in [0.15, 0.2) is 47.3 Å². The number of rotatable bonds is 4. The van der Waals surface area contributed by atoms with Crippen molar-refractivity contribution < 1.29 is 9.53 Å². The molecule has 6 nitrogen and oxygen atoms in total. The van der Waals surface area contributed by atoms with E-state index < -0.39 is 0 Å². The van der Waals surface area contributed by atoms with Crippen LogP contribution in [0.5, 0.6) is 5.75 Å². The fourth-order valence-corrected chi connectivity index (χ4v) is 5.72. The fourth-order valence-electron chi connectivity index (χ4n) is 5.72. The quantitative estimate of drug-likeness (QED) is 0.762. The van der Waals surface area contributed by atoms with Gasteiger partial charge in [-0.15, -0.1) is 0 Å². The molecule has 1 fully saturated rings. The third-order valence-electron chi connectivity index (χ3n) is 7.13. The topological polar surface area (TPSA) is 54.8 Å². The molecule has 164 valence electrons. The zero-order chi connectivity index (χ0) is 21.4. The molecular weight excluding hydrogens is 390 g/mol. The average Bonchev–Trinajstić information content (AvgIpc) is 2.98. The molecule has 1 aromatic heterocycles. The maximum Gasteiger partial charge on any atom is 0.250 e. The normalized spacial score (nSPS) is 25.2. The van der Waals surface area contributed by atoms with Crippen molar-refractivity contribution in [2.45, 2.75) is 44.7 Å². The van der Waals surface area contributed by atoms with E-state index in [1.165, 1.54) is 0 Å². The van der Waals surface area contributed by atoms with Gasteiger partial charge in [-0.2, -0.15) is 0 Å². The predicted octanol–water partition coefficient (Wildman–Crippen LogP) is 3.03. The molecule has 4 heterocycles. The van der Waals surface area contributed by atoms with Crippen LogP contribution in [0.25, 0.3) is 0 Å². The van der Waals surface area contributed by atoms with Gasteiger partial charge in [0.1, 0.15) is 12.4 Å². The Hall–Kier alpha value is -2.60. The summed E-state index contributed by atoms with van der Waals surface area (Å²) in [5.74, 6) is 1.71. The highest BCUT2D eigenvalue weighted by Crippen LogP contribution is 2.42. The number of amides is 1. The third-order valence-corrected chi connectivity index (χ3v) is 7.13. The highest BCUT2D eigenvalue weighted by Gasteiger charge is 2.41. The Morgan fingerprint density at radius 3 is 2.87 bits per heavy atom. The summed E-state index contributed by atoms with van der Waals surface area (Å²) in [6.45, 7) is 6.13. The molecular formula is C25H31N3O3. The summed E-state index contributed by atoms with van der Waals surface area (Å²) in [6, 6.07) is 13.9. The summed E-state index contributed by atoms with van der Waals surface area (Å²) >= 11 is 0. The van der Waals surface area contributed by atoms with Crippen molar-refractivity contribution in [1.82, 2.24) is 14.4 Å². The molecule has 1 amide bonds. The largest absolute Gasteiger partial charge is 0.492 e. The Kier molecular flexibility index (Phi) is 5.57. The van der Waals surface area contributed by atoms with Crippen molar-refractivity contribution in [3.05, 3.63) is 64.1 Å². The van der Waals surface area contributed by atoms with Crippen molar-refractivity contribution in [2.24, 2.45) is 5.92 Å². The molecule has 6 heteroatoms. The maximum atomic E-state index is 13.3. The third kappa shape index (κ3) is 3.89. The number of fused-ring (bicyclic) bond motifs is 5. The Morgan fingerprint density at radius 1 is 1.13 bits per heavy atom. The number of hydrogen-bond acceptors (Lipinski definition) is 4. The van der Waals surface area contributed by atoms with E-state index in [9.17, 15) is 9.59 Å². The molecule has 0 unspecified atom stereocenters. The van der Waals surface area contributed by atoms with Gasteiger partial charge in [-0.3, -0.25) is 14.5 Å². The lowest BCUT2D eigenvalue weighted by Gasteiger charge is -2.47. The van der Waals surface area contributed by atoms with E-state index >= 15 is 0 Å². The molecule has 1 aromatic carbocycles. The van der Waals surface area contributed by atoms with Crippen molar-refractivity contribution >= 4 is 5.91 Å². The molecule has 1 saturated heterocycles. The van der Waals surface area contributed by atoms with E-state index in [1.54, 1.807) is 6.07 Å². The number of piperidine rings is 1. The van der Waals surface area contributed by atoms with Crippen molar-refractivity contribution in [2.75, 3.05) is 32.8 Å². The number of nitrogens with zero attached hydrogens (tertiary/aromatic N) is 3. The monoisotopic (exact) mass is 421 g/mol. The summed E-state index contributed by atoms with van der Waals surface area (Å²) in [6.07, 6.45) is 3.09. The number of carbonyl (C=O) groups is 1. The summed E-state index contributed by atoms with van der Waals surface area (Å²) < 4.78 is 7.89. The Bertz CT molecular complexity index is 1020. The fraction of sp³-hybridized carbons (Fsp3) is 0.520. The number of carbonyl (C=O) groups excluding carboxylic acids is 1. The second kappa shape index (κ2) is 8.50. The summed E-state index contributed by atoms with van der Waals surface area (Å²) in [5, 5.41) is 0. The molecule has 2 bridgehead atoms. The summed E-state index contributed by atoms with van der Waals surface area (Å²) in [5.41, 5.74) is 2.35. The minimum atomic E-state index is 0.105. The van der Waals surface area contributed by atoms with Crippen molar-refractivity contribution in [3.8, 4) is 5.75 Å². The van der Waals surface area contributed by atoms with Crippen LogP contribution in [0.4, 0.5) is 0 Å². The van der Waals surface area contributed by atoms with Gasteiger partial charge >= 0.3 is 0 Å². The smallest absolute Gasteiger partial charge is 0.250 e. The van der Waals surface area contributed by atoms with Gasteiger partial charge in [0, 0.05) is 55.5 Å². The lowest BCUT2D eigenvalue weighted by molar-refractivity contribution is -0.135. The van der Waals surface area contributed by atoms with Gasteiger partial charge in [-0.25, -0.2) is 0 Å². The first-order chi connectivity index (χ1) is 15.1. The first-order valence-electron chi connectivity index (χ1n) is 11.6. The van der Waals surface area contributed by atoms with E-state index in [2.05, 4.69) is 28.9 Å².